The number of fused-ring (bicyclic) bond motifs is 1. The quantitative estimate of drug-likeness (QED) is 0.382. The van der Waals surface area contributed by atoms with Crippen molar-refractivity contribution in [1.29, 1.82) is 0 Å². The van der Waals surface area contributed by atoms with E-state index in [1.165, 1.54) is 0 Å². The smallest absolute Gasteiger partial charge is 0.273 e. The first kappa shape index (κ1) is 21.3. The normalized spacial score (nSPS) is 11.4. The lowest BCUT2D eigenvalue weighted by atomic mass is 10.0. The third kappa shape index (κ3) is 4.63. The molecule has 0 saturated carbocycles. The average Bonchev–Trinajstić information content (AvgIpc) is 3.40. The number of hydrogen-bond donors (Lipinski definition) is 2. The summed E-state index contributed by atoms with van der Waals surface area (Å²) in [6.07, 6.45) is 6.43. The highest BCUT2D eigenvalue weighted by molar-refractivity contribution is 6.03. The van der Waals surface area contributed by atoms with Crippen molar-refractivity contribution >= 4 is 34.6 Å². The SMILES string of the molecule is Cc1cc(C(=O)Nc2cccc(Cc3ccc4c(C=Cc5ccccn5)n[nH]c4c3)c2)n(C)n1. The van der Waals surface area contributed by atoms with Crippen LogP contribution in [-0.2, 0) is 13.5 Å². The molecule has 1 amide bonds. The molecular weight excluding hydrogens is 424 g/mol. The molecule has 0 aliphatic heterocycles. The Balaban J connectivity index is 1.31. The van der Waals surface area contributed by atoms with Gasteiger partial charge in [-0.1, -0.05) is 30.3 Å². The maximum atomic E-state index is 12.6. The molecule has 7 heteroatoms. The van der Waals surface area contributed by atoms with Crippen LogP contribution in [0.5, 0.6) is 0 Å². The summed E-state index contributed by atoms with van der Waals surface area (Å²) < 4.78 is 1.59. The highest BCUT2D eigenvalue weighted by atomic mass is 16.2. The molecular formula is C27H24N6O. The van der Waals surface area contributed by atoms with Crippen molar-refractivity contribution in [3.05, 3.63) is 107 Å². The number of H-pyrrole nitrogens is 1. The Kier molecular flexibility index (Phi) is 5.74. The van der Waals surface area contributed by atoms with Gasteiger partial charge in [-0.05, 0) is 73.0 Å². The van der Waals surface area contributed by atoms with Gasteiger partial charge in [-0.15, -0.1) is 0 Å². The zero-order valence-electron chi connectivity index (χ0n) is 19.0. The van der Waals surface area contributed by atoms with Gasteiger partial charge in [0.15, 0.2) is 0 Å². The molecule has 0 fully saturated rings. The fourth-order valence-corrected chi connectivity index (χ4v) is 3.98. The third-order valence-electron chi connectivity index (χ3n) is 5.58. The second-order valence-corrected chi connectivity index (χ2v) is 8.20. The zero-order valence-corrected chi connectivity index (χ0v) is 19.0. The van der Waals surface area contributed by atoms with E-state index in [0.717, 1.165) is 51.2 Å². The molecule has 0 saturated heterocycles. The first-order valence-electron chi connectivity index (χ1n) is 11.0. The van der Waals surface area contributed by atoms with E-state index in [-0.39, 0.29) is 5.91 Å². The van der Waals surface area contributed by atoms with E-state index in [0.29, 0.717) is 5.69 Å². The Hall–Kier alpha value is -4.52. The summed E-state index contributed by atoms with van der Waals surface area (Å²) in [6.45, 7) is 1.87. The lowest BCUT2D eigenvalue weighted by Crippen LogP contribution is -2.16. The highest BCUT2D eigenvalue weighted by Gasteiger charge is 2.12. The topological polar surface area (TPSA) is 88.5 Å². The van der Waals surface area contributed by atoms with Crippen molar-refractivity contribution in [2.45, 2.75) is 13.3 Å². The van der Waals surface area contributed by atoms with E-state index in [9.17, 15) is 4.79 Å². The average molecular weight is 449 g/mol. The first-order valence-corrected chi connectivity index (χ1v) is 11.0. The molecule has 5 rings (SSSR count). The maximum absolute atomic E-state index is 12.6. The number of pyridine rings is 1. The molecule has 0 aliphatic carbocycles. The number of carbonyl (C=O) groups excluding carboxylic acids is 1. The van der Waals surface area contributed by atoms with Crippen LogP contribution in [0.4, 0.5) is 5.69 Å². The van der Waals surface area contributed by atoms with E-state index >= 15 is 0 Å². The number of hydrogen-bond acceptors (Lipinski definition) is 4. The molecule has 2 aromatic carbocycles. The number of aromatic amines is 1. The van der Waals surface area contributed by atoms with Gasteiger partial charge in [0.05, 0.1) is 22.6 Å². The lowest BCUT2D eigenvalue weighted by Gasteiger charge is -2.08. The summed E-state index contributed by atoms with van der Waals surface area (Å²) in [5.74, 6) is -0.176. The highest BCUT2D eigenvalue weighted by Crippen LogP contribution is 2.22. The minimum absolute atomic E-state index is 0.176. The van der Waals surface area contributed by atoms with Crippen molar-refractivity contribution < 1.29 is 4.79 Å². The molecule has 5 aromatic rings. The largest absolute Gasteiger partial charge is 0.321 e. The van der Waals surface area contributed by atoms with E-state index in [4.69, 9.17) is 0 Å². The van der Waals surface area contributed by atoms with Crippen molar-refractivity contribution in [3.63, 3.8) is 0 Å². The maximum Gasteiger partial charge on any atom is 0.273 e. The van der Waals surface area contributed by atoms with Crippen molar-refractivity contribution in [3.8, 4) is 0 Å². The van der Waals surface area contributed by atoms with Crippen LogP contribution in [0.15, 0.2) is 72.9 Å². The molecule has 3 aromatic heterocycles. The zero-order chi connectivity index (χ0) is 23.5. The summed E-state index contributed by atoms with van der Waals surface area (Å²) in [5, 5.41) is 15.8. The lowest BCUT2D eigenvalue weighted by molar-refractivity contribution is 0.101. The number of rotatable bonds is 6. The predicted molar refractivity (Wildman–Crippen MR) is 134 cm³/mol. The predicted octanol–water partition coefficient (Wildman–Crippen LogP) is 5.01. The molecule has 2 N–H and O–H groups in total. The molecule has 7 nitrogen and oxygen atoms in total. The minimum atomic E-state index is -0.176. The van der Waals surface area contributed by atoms with Gasteiger partial charge in [-0.2, -0.15) is 10.2 Å². The summed E-state index contributed by atoms with van der Waals surface area (Å²) in [6, 6.07) is 21.8. The second kappa shape index (κ2) is 9.15. The number of carbonyl (C=O) groups is 1. The van der Waals surface area contributed by atoms with Gasteiger partial charge in [0.1, 0.15) is 5.69 Å². The van der Waals surface area contributed by atoms with Crippen LogP contribution in [0, 0.1) is 6.92 Å². The van der Waals surface area contributed by atoms with Crippen LogP contribution in [0.1, 0.15) is 38.7 Å². The number of aromatic nitrogens is 5. The standard InChI is InChI=1S/C27H24N6O/c1-18-14-26(33(2)32-18)27(34)29-22-8-5-6-19(16-22)15-20-9-11-23-24(30-31-25(23)17-20)12-10-21-7-3-4-13-28-21/h3-14,16-17H,15H2,1-2H3,(H,29,34)(H,30,31). The third-order valence-corrected chi connectivity index (χ3v) is 5.58. The molecule has 168 valence electrons. The Morgan fingerprint density at radius 2 is 1.91 bits per heavy atom. The molecule has 3 heterocycles. The summed E-state index contributed by atoms with van der Waals surface area (Å²) in [5.41, 5.74) is 7.10. The van der Waals surface area contributed by atoms with E-state index in [2.05, 4.69) is 49.9 Å². The monoisotopic (exact) mass is 448 g/mol. The fourth-order valence-electron chi connectivity index (χ4n) is 3.98. The van der Waals surface area contributed by atoms with Gasteiger partial charge in [0.2, 0.25) is 0 Å². The summed E-state index contributed by atoms with van der Waals surface area (Å²) >= 11 is 0. The van der Waals surface area contributed by atoms with E-state index in [1.54, 1.807) is 24.0 Å². The van der Waals surface area contributed by atoms with Crippen LogP contribution in [0.2, 0.25) is 0 Å². The van der Waals surface area contributed by atoms with Crippen LogP contribution in [0.25, 0.3) is 23.1 Å². The second-order valence-electron chi connectivity index (χ2n) is 8.20. The molecule has 34 heavy (non-hydrogen) atoms. The number of nitrogens with one attached hydrogen (secondary N) is 2. The van der Waals surface area contributed by atoms with Crippen molar-refractivity contribution in [2.24, 2.45) is 7.05 Å². The first-order chi connectivity index (χ1) is 16.5. The number of nitrogens with zero attached hydrogens (tertiary/aromatic N) is 4. The summed E-state index contributed by atoms with van der Waals surface area (Å²) in [4.78, 5) is 16.9. The molecule has 0 unspecified atom stereocenters. The van der Waals surface area contributed by atoms with Crippen LogP contribution >= 0.6 is 0 Å². The molecule has 0 spiro atoms. The minimum Gasteiger partial charge on any atom is -0.321 e. The van der Waals surface area contributed by atoms with Gasteiger partial charge >= 0.3 is 0 Å². The van der Waals surface area contributed by atoms with Gasteiger partial charge in [0, 0.05) is 24.3 Å². The number of anilines is 1. The van der Waals surface area contributed by atoms with Crippen molar-refractivity contribution in [1.82, 2.24) is 25.0 Å². The number of benzene rings is 2. The van der Waals surface area contributed by atoms with Crippen LogP contribution in [-0.4, -0.2) is 30.9 Å². The number of amides is 1. The Labute approximate surface area is 197 Å². The Bertz CT molecular complexity index is 1500. The fraction of sp³-hybridized carbons (Fsp3) is 0.111. The van der Waals surface area contributed by atoms with E-state index in [1.807, 2.05) is 55.5 Å². The van der Waals surface area contributed by atoms with Crippen molar-refractivity contribution in [2.75, 3.05) is 5.32 Å². The van der Waals surface area contributed by atoms with E-state index < -0.39 is 0 Å². The molecule has 0 radical (unpaired) electrons. The van der Waals surface area contributed by atoms with Gasteiger partial charge in [-0.3, -0.25) is 19.6 Å². The Morgan fingerprint density at radius 1 is 1.03 bits per heavy atom. The van der Waals surface area contributed by atoms with Crippen LogP contribution < -0.4 is 5.32 Å². The van der Waals surface area contributed by atoms with Gasteiger partial charge in [0.25, 0.3) is 5.91 Å². The molecule has 0 aliphatic rings. The summed E-state index contributed by atoms with van der Waals surface area (Å²) in [7, 11) is 1.77. The molecule has 0 bridgehead atoms. The van der Waals surface area contributed by atoms with Gasteiger partial charge < -0.3 is 5.32 Å². The number of aryl methyl sites for hydroxylation is 2. The molecule has 0 atom stereocenters. The Morgan fingerprint density at radius 3 is 2.71 bits per heavy atom. The van der Waals surface area contributed by atoms with Crippen LogP contribution in [0.3, 0.4) is 0 Å². The van der Waals surface area contributed by atoms with Gasteiger partial charge in [-0.25, -0.2) is 0 Å².